The van der Waals surface area contributed by atoms with Gasteiger partial charge in [-0.15, -0.1) is 0 Å². The first-order valence-electron chi connectivity index (χ1n) is 7.80. The minimum Gasteiger partial charge on any atom is -0.369 e. The van der Waals surface area contributed by atoms with Crippen LogP contribution in [0.4, 0.5) is 0 Å². The van der Waals surface area contributed by atoms with E-state index in [2.05, 4.69) is 25.2 Å². The summed E-state index contributed by atoms with van der Waals surface area (Å²) in [5, 5.41) is 4.18. The van der Waals surface area contributed by atoms with Crippen LogP contribution in [0.25, 0.3) is 0 Å². The average Bonchev–Trinajstić information content (AvgIpc) is 2.43. The van der Waals surface area contributed by atoms with Crippen molar-refractivity contribution in [2.24, 2.45) is 5.92 Å². The summed E-state index contributed by atoms with van der Waals surface area (Å²) in [5.41, 5.74) is 1.18. The van der Waals surface area contributed by atoms with E-state index >= 15 is 0 Å². The molecule has 1 saturated carbocycles. The maximum atomic E-state index is 6.38. The predicted molar refractivity (Wildman–Crippen MR) is 85.2 cm³/mol. The Balaban J connectivity index is 2.03. The summed E-state index contributed by atoms with van der Waals surface area (Å²) >= 11 is 6.11. The van der Waals surface area contributed by atoms with Crippen molar-refractivity contribution in [1.82, 2.24) is 5.32 Å². The molecular formula is C17H26ClNO. The topological polar surface area (TPSA) is 21.3 Å². The van der Waals surface area contributed by atoms with Gasteiger partial charge in [-0.25, -0.2) is 0 Å². The first kappa shape index (κ1) is 15.8. The summed E-state index contributed by atoms with van der Waals surface area (Å²) < 4.78 is 6.38. The van der Waals surface area contributed by atoms with Gasteiger partial charge in [0.05, 0.1) is 12.2 Å². The van der Waals surface area contributed by atoms with E-state index in [1.54, 1.807) is 0 Å². The van der Waals surface area contributed by atoms with Gasteiger partial charge in [0, 0.05) is 11.6 Å². The van der Waals surface area contributed by atoms with Gasteiger partial charge in [-0.05, 0) is 43.0 Å². The molecule has 0 radical (unpaired) electrons. The summed E-state index contributed by atoms with van der Waals surface area (Å²) in [6.45, 7) is 6.26. The fraction of sp³-hybridized carbons (Fsp3) is 0.647. The molecule has 2 nitrogen and oxygen atoms in total. The van der Waals surface area contributed by atoms with Crippen molar-refractivity contribution < 1.29 is 4.74 Å². The summed E-state index contributed by atoms with van der Waals surface area (Å²) in [6, 6.07) is 8.05. The third-order valence-corrected chi connectivity index (χ3v) is 4.28. The fourth-order valence-electron chi connectivity index (χ4n) is 2.96. The smallest absolute Gasteiger partial charge is 0.0953 e. The largest absolute Gasteiger partial charge is 0.369 e. The SMILES string of the molecule is CCNCC(OC1CCCC(C)C1)c1cccc(Cl)c1. The van der Waals surface area contributed by atoms with Crippen LogP contribution in [0.2, 0.25) is 5.02 Å². The molecule has 1 fully saturated rings. The predicted octanol–water partition coefficient (Wildman–Crippen LogP) is 4.59. The van der Waals surface area contributed by atoms with E-state index in [1.807, 2.05) is 18.2 Å². The number of benzene rings is 1. The highest BCUT2D eigenvalue weighted by Gasteiger charge is 2.23. The molecule has 1 aromatic carbocycles. The fourth-order valence-corrected chi connectivity index (χ4v) is 3.16. The average molecular weight is 296 g/mol. The van der Waals surface area contributed by atoms with Gasteiger partial charge in [-0.3, -0.25) is 0 Å². The lowest BCUT2D eigenvalue weighted by molar-refractivity contribution is -0.0393. The van der Waals surface area contributed by atoms with Crippen LogP contribution in [0.15, 0.2) is 24.3 Å². The molecular weight excluding hydrogens is 270 g/mol. The third kappa shape index (κ3) is 4.76. The van der Waals surface area contributed by atoms with E-state index in [-0.39, 0.29) is 6.10 Å². The number of ether oxygens (including phenoxy) is 1. The quantitative estimate of drug-likeness (QED) is 0.829. The lowest BCUT2D eigenvalue weighted by Gasteiger charge is -2.31. The summed E-state index contributed by atoms with van der Waals surface area (Å²) in [5.74, 6) is 0.785. The van der Waals surface area contributed by atoms with Gasteiger partial charge >= 0.3 is 0 Å². The molecule has 1 N–H and O–H groups in total. The van der Waals surface area contributed by atoms with Crippen LogP contribution in [-0.2, 0) is 4.74 Å². The van der Waals surface area contributed by atoms with Crippen LogP contribution in [0, 0.1) is 5.92 Å². The van der Waals surface area contributed by atoms with E-state index in [0.717, 1.165) is 24.0 Å². The van der Waals surface area contributed by atoms with Crippen LogP contribution < -0.4 is 5.32 Å². The normalized spacial score (nSPS) is 24.6. The first-order chi connectivity index (χ1) is 9.69. The zero-order valence-corrected chi connectivity index (χ0v) is 13.3. The minimum absolute atomic E-state index is 0.101. The second-order valence-corrected chi connectivity index (χ2v) is 6.32. The molecule has 0 aliphatic heterocycles. The van der Waals surface area contributed by atoms with Crippen molar-refractivity contribution in [2.45, 2.75) is 51.7 Å². The zero-order chi connectivity index (χ0) is 14.4. The number of hydrogen-bond donors (Lipinski definition) is 1. The monoisotopic (exact) mass is 295 g/mol. The Kier molecular flexibility index (Phi) is 6.34. The molecule has 0 spiro atoms. The Morgan fingerprint density at radius 3 is 2.95 bits per heavy atom. The lowest BCUT2D eigenvalue weighted by Crippen LogP contribution is -2.29. The lowest BCUT2D eigenvalue weighted by atomic mass is 9.88. The molecule has 0 heterocycles. The molecule has 0 saturated heterocycles. The number of rotatable bonds is 6. The van der Waals surface area contributed by atoms with E-state index in [9.17, 15) is 0 Å². The van der Waals surface area contributed by atoms with E-state index < -0.39 is 0 Å². The minimum atomic E-state index is 0.101. The standard InChI is InChI=1S/C17H26ClNO/c1-3-19-12-17(14-7-5-8-15(18)11-14)20-16-9-4-6-13(2)10-16/h5,7-8,11,13,16-17,19H,3-4,6,9-10,12H2,1-2H3. The van der Waals surface area contributed by atoms with Crippen LogP contribution in [0.5, 0.6) is 0 Å². The highest BCUT2D eigenvalue weighted by atomic mass is 35.5. The Morgan fingerprint density at radius 1 is 1.40 bits per heavy atom. The van der Waals surface area contributed by atoms with Crippen molar-refractivity contribution in [2.75, 3.05) is 13.1 Å². The summed E-state index contributed by atoms with van der Waals surface area (Å²) in [4.78, 5) is 0. The van der Waals surface area contributed by atoms with Gasteiger partial charge in [-0.2, -0.15) is 0 Å². The van der Waals surface area contributed by atoms with E-state index in [4.69, 9.17) is 16.3 Å². The number of nitrogens with one attached hydrogen (secondary N) is 1. The number of likely N-dealkylation sites (N-methyl/N-ethyl adjacent to an activating group) is 1. The van der Waals surface area contributed by atoms with Crippen LogP contribution in [0.3, 0.4) is 0 Å². The maximum Gasteiger partial charge on any atom is 0.0953 e. The van der Waals surface area contributed by atoms with Gasteiger partial charge in [-0.1, -0.05) is 50.4 Å². The molecule has 112 valence electrons. The third-order valence-electron chi connectivity index (χ3n) is 4.05. The van der Waals surface area contributed by atoms with Gasteiger partial charge in [0.1, 0.15) is 0 Å². The molecule has 3 heteroatoms. The Hall–Kier alpha value is -0.570. The second kappa shape index (κ2) is 8.02. The van der Waals surface area contributed by atoms with Crippen LogP contribution in [0.1, 0.15) is 51.2 Å². The molecule has 1 aliphatic carbocycles. The van der Waals surface area contributed by atoms with E-state index in [1.165, 1.54) is 31.2 Å². The Bertz CT molecular complexity index is 410. The second-order valence-electron chi connectivity index (χ2n) is 5.88. The van der Waals surface area contributed by atoms with Crippen molar-refractivity contribution in [3.05, 3.63) is 34.9 Å². The first-order valence-corrected chi connectivity index (χ1v) is 8.18. The highest BCUT2D eigenvalue weighted by Crippen LogP contribution is 2.30. The molecule has 3 unspecified atom stereocenters. The highest BCUT2D eigenvalue weighted by molar-refractivity contribution is 6.30. The van der Waals surface area contributed by atoms with Gasteiger partial charge in [0.2, 0.25) is 0 Å². The maximum absolute atomic E-state index is 6.38. The molecule has 0 amide bonds. The van der Waals surface area contributed by atoms with Crippen molar-refractivity contribution >= 4 is 11.6 Å². The molecule has 0 aromatic heterocycles. The van der Waals surface area contributed by atoms with Crippen molar-refractivity contribution in [3.63, 3.8) is 0 Å². The molecule has 0 bridgehead atoms. The van der Waals surface area contributed by atoms with Crippen molar-refractivity contribution in [3.8, 4) is 0 Å². The van der Waals surface area contributed by atoms with Gasteiger partial charge in [0.15, 0.2) is 0 Å². The van der Waals surface area contributed by atoms with Gasteiger partial charge < -0.3 is 10.1 Å². The molecule has 2 rings (SSSR count). The molecule has 1 aromatic rings. The molecule has 1 aliphatic rings. The van der Waals surface area contributed by atoms with Gasteiger partial charge in [0.25, 0.3) is 0 Å². The van der Waals surface area contributed by atoms with Crippen LogP contribution in [-0.4, -0.2) is 19.2 Å². The Labute approximate surface area is 127 Å². The summed E-state index contributed by atoms with van der Waals surface area (Å²) in [6.07, 6.45) is 5.49. The summed E-state index contributed by atoms with van der Waals surface area (Å²) in [7, 11) is 0. The molecule has 3 atom stereocenters. The zero-order valence-electron chi connectivity index (χ0n) is 12.6. The molecule has 20 heavy (non-hydrogen) atoms. The van der Waals surface area contributed by atoms with Crippen LogP contribution >= 0.6 is 11.6 Å². The Morgan fingerprint density at radius 2 is 2.25 bits per heavy atom. The van der Waals surface area contributed by atoms with Crippen molar-refractivity contribution in [1.29, 1.82) is 0 Å². The number of halogens is 1. The van der Waals surface area contributed by atoms with E-state index in [0.29, 0.717) is 6.10 Å². The number of hydrogen-bond acceptors (Lipinski definition) is 2.